The molecule has 0 aromatic carbocycles. The number of carbonyl (C=O) groups excluding carboxylic acids is 1. The maximum Gasteiger partial charge on any atom is 0.252 e. The second-order valence-corrected chi connectivity index (χ2v) is 8.23. The number of anilines is 1. The van der Waals surface area contributed by atoms with Crippen LogP contribution in [0.1, 0.15) is 55.5 Å². The summed E-state index contributed by atoms with van der Waals surface area (Å²) in [4.78, 5) is 23.3. The van der Waals surface area contributed by atoms with Crippen molar-refractivity contribution >= 4 is 17.9 Å². The lowest BCUT2D eigenvalue weighted by atomic mass is 9.91. The third-order valence-electron chi connectivity index (χ3n) is 5.83. The fourth-order valence-electron chi connectivity index (χ4n) is 3.94. The van der Waals surface area contributed by atoms with Gasteiger partial charge in [0, 0.05) is 31.2 Å². The lowest BCUT2D eigenvalue weighted by Gasteiger charge is -2.33. The number of nitrogens with one attached hydrogen (secondary N) is 1. The van der Waals surface area contributed by atoms with E-state index in [2.05, 4.69) is 39.1 Å². The van der Waals surface area contributed by atoms with Gasteiger partial charge < -0.3 is 20.1 Å². The number of ether oxygens (including phenoxy) is 1. The summed E-state index contributed by atoms with van der Waals surface area (Å²) in [5.74, 6) is 0.367. The van der Waals surface area contributed by atoms with Gasteiger partial charge in [0.1, 0.15) is 0 Å². The molecule has 2 aromatic rings. The number of pyridine rings is 2. The van der Waals surface area contributed by atoms with Gasteiger partial charge in [-0.05, 0) is 63.2 Å². The number of rotatable bonds is 11. The van der Waals surface area contributed by atoms with Crippen LogP contribution < -0.4 is 15.1 Å². The molecule has 0 bridgehead atoms. The molecule has 0 aliphatic carbocycles. The van der Waals surface area contributed by atoms with Crippen LogP contribution in [0.2, 0.25) is 0 Å². The quantitative estimate of drug-likeness (QED) is 0.503. The molecule has 0 saturated heterocycles. The second-order valence-electron chi connectivity index (χ2n) is 8.23. The average Bonchev–Trinajstić information content (AvgIpc) is 3.15. The number of hydrogen-bond donors (Lipinski definition) is 2. The van der Waals surface area contributed by atoms with Crippen LogP contribution in [0.3, 0.4) is 0 Å². The molecule has 0 saturated carbocycles. The fourth-order valence-corrected chi connectivity index (χ4v) is 3.94. The average molecular weight is 455 g/mol. The molecule has 3 rings (SSSR count). The molecule has 0 spiro atoms. The minimum absolute atomic E-state index is 0.161. The molecule has 2 N–H and O–H groups in total. The van der Waals surface area contributed by atoms with Gasteiger partial charge >= 0.3 is 0 Å². The monoisotopic (exact) mass is 454 g/mol. The van der Waals surface area contributed by atoms with Gasteiger partial charge in [-0.25, -0.2) is 15.0 Å². The molecule has 1 amide bonds. The SMILES string of the molecule is CCCN(CC)CCCNC(=O)c1ccc(N2N=CC(c3ccnc(OC)c3)C2(C)O)nc1. The molecule has 9 nitrogen and oxygen atoms in total. The van der Waals surface area contributed by atoms with Crippen molar-refractivity contribution in [1.29, 1.82) is 0 Å². The summed E-state index contributed by atoms with van der Waals surface area (Å²) in [7, 11) is 1.55. The van der Waals surface area contributed by atoms with Gasteiger partial charge in [0.25, 0.3) is 5.91 Å². The number of methoxy groups -OCH3 is 1. The Bertz CT molecular complexity index is 947. The van der Waals surface area contributed by atoms with E-state index in [9.17, 15) is 9.90 Å². The van der Waals surface area contributed by atoms with Gasteiger partial charge in [0.2, 0.25) is 5.88 Å². The molecule has 2 aromatic heterocycles. The number of nitrogens with zero attached hydrogens (tertiary/aromatic N) is 5. The zero-order chi connectivity index (χ0) is 23.8. The van der Waals surface area contributed by atoms with Crippen LogP contribution in [0, 0.1) is 0 Å². The molecule has 178 valence electrons. The number of hydrogen-bond acceptors (Lipinski definition) is 8. The van der Waals surface area contributed by atoms with E-state index in [1.807, 2.05) is 6.07 Å². The van der Waals surface area contributed by atoms with Gasteiger partial charge in [-0.3, -0.25) is 4.79 Å². The standard InChI is InChI=1S/C24H34N6O3/c1-5-13-29(6-2)14-7-11-26-23(31)19-8-9-21(27-16-19)30-24(3,32)20(17-28-30)18-10-12-25-22(15-18)33-4/h8-10,12,15-17,20,32H,5-7,11,13-14H2,1-4H3,(H,26,31). The molecule has 2 atom stereocenters. The van der Waals surface area contributed by atoms with Crippen molar-refractivity contribution in [1.82, 2.24) is 20.2 Å². The van der Waals surface area contributed by atoms with Crippen molar-refractivity contribution < 1.29 is 14.6 Å². The van der Waals surface area contributed by atoms with Gasteiger partial charge in [0.05, 0.1) is 18.6 Å². The predicted octanol–water partition coefficient (Wildman–Crippen LogP) is 2.64. The van der Waals surface area contributed by atoms with Crippen LogP contribution >= 0.6 is 0 Å². The van der Waals surface area contributed by atoms with Gasteiger partial charge in [0.15, 0.2) is 11.5 Å². The Balaban J connectivity index is 1.59. The third kappa shape index (κ3) is 5.85. The Morgan fingerprint density at radius 1 is 1.27 bits per heavy atom. The zero-order valence-corrected chi connectivity index (χ0v) is 19.9. The highest BCUT2D eigenvalue weighted by Crippen LogP contribution is 2.38. The van der Waals surface area contributed by atoms with Crippen molar-refractivity contribution in [3.63, 3.8) is 0 Å². The van der Waals surface area contributed by atoms with Crippen molar-refractivity contribution in [3.8, 4) is 5.88 Å². The summed E-state index contributed by atoms with van der Waals surface area (Å²) in [5, 5.41) is 20.0. The molecule has 1 aliphatic heterocycles. The van der Waals surface area contributed by atoms with Crippen LogP contribution in [0.4, 0.5) is 5.82 Å². The fraction of sp³-hybridized carbons (Fsp3) is 0.500. The van der Waals surface area contributed by atoms with E-state index in [4.69, 9.17) is 4.74 Å². The van der Waals surface area contributed by atoms with Gasteiger partial charge in [-0.1, -0.05) is 13.8 Å². The molecule has 2 unspecified atom stereocenters. The van der Waals surface area contributed by atoms with E-state index in [0.29, 0.717) is 23.8 Å². The smallest absolute Gasteiger partial charge is 0.252 e. The highest BCUT2D eigenvalue weighted by atomic mass is 16.5. The minimum atomic E-state index is -1.34. The Hall–Kier alpha value is -3.04. The lowest BCUT2D eigenvalue weighted by molar-refractivity contribution is 0.0565. The number of carbonyl (C=O) groups is 1. The van der Waals surface area contributed by atoms with Crippen LogP contribution in [-0.2, 0) is 0 Å². The molecular weight excluding hydrogens is 420 g/mol. The number of aliphatic hydroxyl groups is 1. The van der Waals surface area contributed by atoms with E-state index in [0.717, 1.165) is 38.0 Å². The van der Waals surface area contributed by atoms with Crippen molar-refractivity contribution in [2.24, 2.45) is 5.10 Å². The van der Waals surface area contributed by atoms with Crippen molar-refractivity contribution in [2.75, 3.05) is 38.3 Å². The zero-order valence-electron chi connectivity index (χ0n) is 19.9. The minimum Gasteiger partial charge on any atom is -0.481 e. The van der Waals surface area contributed by atoms with Crippen LogP contribution in [0.15, 0.2) is 41.8 Å². The van der Waals surface area contributed by atoms with E-state index >= 15 is 0 Å². The summed E-state index contributed by atoms with van der Waals surface area (Å²) >= 11 is 0. The molecule has 9 heteroatoms. The van der Waals surface area contributed by atoms with Crippen LogP contribution in [0.5, 0.6) is 5.88 Å². The van der Waals surface area contributed by atoms with Gasteiger partial charge in [-0.2, -0.15) is 5.10 Å². The molecule has 1 aliphatic rings. The molecule has 0 radical (unpaired) electrons. The topological polar surface area (TPSA) is 103 Å². The number of hydrazone groups is 1. The summed E-state index contributed by atoms with van der Waals surface area (Å²) in [6.45, 7) is 9.68. The van der Waals surface area contributed by atoms with Crippen LogP contribution in [-0.4, -0.2) is 71.1 Å². The summed E-state index contributed by atoms with van der Waals surface area (Å²) in [6.07, 6.45) is 6.85. The Labute approximate surface area is 195 Å². The summed E-state index contributed by atoms with van der Waals surface area (Å²) < 4.78 is 5.19. The Morgan fingerprint density at radius 3 is 2.76 bits per heavy atom. The maximum atomic E-state index is 12.5. The predicted molar refractivity (Wildman–Crippen MR) is 129 cm³/mol. The molecule has 0 fully saturated rings. The summed E-state index contributed by atoms with van der Waals surface area (Å²) in [5.41, 5.74) is -0.0418. The van der Waals surface area contributed by atoms with E-state index in [1.165, 1.54) is 11.2 Å². The molecule has 3 heterocycles. The van der Waals surface area contributed by atoms with Crippen LogP contribution in [0.25, 0.3) is 0 Å². The first kappa shape index (κ1) is 24.6. The first-order valence-corrected chi connectivity index (χ1v) is 11.4. The largest absolute Gasteiger partial charge is 0.481 e. The van der Waals surface area contributed by atoms with E-state index < -0.39 is 11.6 Å². The molecular formula is C24H34N6O3. The highest BCUT2D eigenvalue weighted by molar-refractivity contribution is 5.94. The maximum absolute atomic E-state index is 12.5. The first-order chi connectivity index (χ1) is 15.9. The number of amides is 1. The normalized spacial score (nSPS) is 19.8. The van der Waals surface area contributed by atoms with E-state index in [1.54, 1.807) is 44.6 Å². The second kappa shape index (κ2) is 11.2. The third-order valence-corrected chi connectivity index (χ3v) is 5.83. The van der Waals surface area contributed by atoms with Crippen molar-refractivity contribution in [3.05, 3.63) is 47.8 Å². The highest BCUT2D eigenvalue weighted by Gasteiger charge is 2.43. The van der Waals surface area contributed by atoms with Crippen molar-refractivity contribution in [2.45, 2.75) is 45.3 Å². The lowest BCUT2D eigenvalue weighted by Crippen LogP contribution is -2.44. The number of aromatic nitrogens is 2. The molecule has 33 heavy (non-hydrogen) atoms. The Kier molecular flexibility index (Phi) is 8.35. The Morgan fingerprint density at radius 2 is 2.09 bits per heavy atom. The van der Waals surface area contributed by atoms with E-state index in [-0.39, 0.29) is 5.91 Å². The first-order valence-electron chi connectivity index (χ1n) is 11.4. The summed E-state index contributed by atoms with van der Waals surface area (Å²) in [6, 6.07) is 6.98. The van der Waals surface area contributed by atoms with Gasteiger partial charge in [-0.15, -0.1) is 0 Å².